The fourth-order valence-electron chi connectivity index (χ4n) is 5.69. The normalized spacial score (nSPS) is 22.6. The average molecular weight is 523 g/mol. The first-order valence-electron chi connectivity index (χ1n) is 13.0. The third-order valence-electron chi connectivity index (χ3n) is 7.76. The highest BCUT2D eigenvalue weighted by Gasteiger charge is 2.30. The number of rotatable bonds is 5. The molecule has 1 atom stereocenters. The van der Waals surface area contributed by atoms with Gasteiger partial charge in [0, 0.05) is 56.4 Å². The molecular weight excluding hydrogens is 492 g/mol. The van der Waals surface area contributed by atoms with Crippen molar-refractivity contribution in [3.05, 3.63) is 40.2 Å². The van der Waals surface area contributed by atoms with Crippen molar-refractivity contribution in [2.24, 2.45) is 11.8 Å². The third-order valence-corrected chi connectivity index (χ3v) is 7.96. The van der Waals surface area contributed by atoms with Gasteiger partial charge in [-0.1, -0.05) is 36.5 Å². The Balaban J connectivity index is 1.60. The molecule has 0 radical (unpaired) electrons. The van der Waals surface area contributed by atoms with Crippen LogP contribution in [-0.2, 0) is 6.54 Å². The summed E-state index contributed by atoms with van der Waals surface area (Å²) >= 11 is 6.34. The lowest BCUT2D eigenvalue weighted by Crippen LogP contribution is -2.51. The number of aromatic nitrogens is 6. The first kappa shape index (κ1) is 24.1. The molecule has 10 nitrogen and oxygen atoms in total. The van der Waals surface area contributed by atoms with Crippen LogP contribution in [0.5, 0.6) is 0 Å². The average Bonchev–Trinajstić information content (AvgIpc) is 3.49. The van der Waals surface area contributed by atoms with E-state index in [-0.39, 0.29) is 6.04 Å². The van der Waals surface area contributed by atoms with Crippen LogP contribution in [-0.4, -0.2) is 55.3 Å². The minimum absolute atomic E-state index is 0.273. The Bertz CT molecular complexity index is 1470. The second kappa shape index (κ2) is 9.90. The Morgan fingerprint density at radius 3 is 2.73 bits per heavy atom. The zero-order valence-corrected chi connectivity index (χ0v) is 21.8. The maximum absolute atomic E-state index is 11.8. The smallest absolute Gasteiger partial charge is 0.337 e. The van der Waals surface area contributed by atoms with E-state index in [1.807, 2.05) is 6.07 Å². The molecule has 0 unspecified atom stereocenters. The number of hydrogen-bond acceptors (Lipinski definition) is 8. The summed E-state index contributed by atoms with van der Waals surface area (Å²) in [6.45, 7) is 8.03. The van der Waals surface area contributed by atoms with Crippen molar-refractivity contribution in [3.63, 3.8) is 0 Å². The van der Waals surface area contributed by atoms with Crippen LogP contribution >= 0.6 is 11.6 Å². The van der Waals surface area contributed by atoms with E-state index in [1.54, 1.807) is 18.6 Å². The van der Waals surface area contributed by atoms with Crippen LogP contribution in [0.2, 0.25) is 5.02 Å². The summed E-state index contributed by atoms with van der Waals surface area (Å²) in [5.74, 6) is 1.94. The van der Waals surface area contributed by atoms with Crippen LogP contribution in [0, 0.1) is 11.8 Å². The van der Waals surface area contributed by atoms with E-state index in [1.165, 1.54) is 25.7 Å². The minimum Gasteiger partial charge on any atom is -0.337 e. The Hall–Kier alpha value is -3.24. The maximum Gasteiger partial charge on any atom is 0.439 e. The van der Waals surface area contributed by atoms with Crippen LogP contribution < -0.4 is 16.0 Å². The first-order valence-corrected chi connectivity index (χ1v) is 13.4. The van der Waals surface area contributed by atoms with Crippen molar-refractivity contribution in [2.75, 3.05) is 24.5 Å². The monoisotopic (exact) mass is 522 g/mol. The molecule has 4 aromatic rings. The van der Waals surface area contributed by atoms with Crippen LogP contribution in [0.15, 0.2) is 34.0 Å². The number of aromatic amines is 1. The molecule has 1 aliphatic heterocycles. The Morgan fingerprint density at radius 1 is 1.16 bits per heavy atom. The summed E-state index contributed by atoms with van der Waals surface area (Å²) in [4.78, 5) is 31.3. The van der Waals surface area contributed by atoms with Crippen molar-refractivity contribution < 1.29 is 4.52 Å². The zero-order valence-electron chi connectivity index (χ0n) is 21.1. The van der Waals surface area contributed by atoms with Gasteiger partial charge in [0.1, 0.15) is 5.52 Å². The highest BCUT2D eigenvalue weighted by molar-refractivity contribution is 6.30. The number of fused-ring (bicyclic) bond motifs is 1. The van der Waals surface area contributed by atoms with E-state index in [9.17, 15) is 4.79 Å². The molecule has 0 aromatic carbocycles. The Morgan fingerprint density at radius 2 is 2.00 bits per heavy atom. The topological polar surface area (TPSA) is 118 Å². The van der Waals surface area contributed by atoms with Crippen LogP contribution in [0.25, 0.3) is 33.7 Å². The van der Waals surface area contributed by atoms with Gasteiger partial charge in [-0.15, -0.1) is 0 Å². The number of halogens is 1. The first-order chi connectivity index (χ1) is 18.0. The molecule has 11 heteroatoms. The SMILES string of the molecule is C[C@@H]1CNCCN1c1nc2c(-c3noc(=O)[nH]3)cnc(-c3cncc(Cl)c3)c2n1C[C@H]1CC[C@H](C)CC1. The van der Waals surface area contributed by atoms with E-state index in [2.05, 4.69) is 43.8 Å². The fourth-order valence-corrected chi connectivity index (χ4v) is 5.87. The standard InChI is InChI=1S/C26H31ClN8O2/c1-15-3-5-17(6-4-15)14-35-23-21(18-9-19(27)12-29-11-18)30-13-20(24-32-26(36)37-33-24)22(23)31-25(35)34-8-7-28-10-16(34)2/h9,11-13,15-17,28H,3-8,10,14H2,1-2H3,(H,32,33,36)/t15-,16-,17-/m1/s1. The lowest BCUT2D eigenvalue weighted by molar-refractivity contribution is 0.266. The van der Waals surface area contributed by atoms with Gasteiger partial charge in [-0.05, 0) is 37.7 Å². The number of nitrogens with zero attached hydrogens (tertiary/aromatic N) is 6. The number of pyridine rings is 2. The molecule has 0 amide bonds. The highest BCUT2D eigenvalue weighted by atomic mass is 35.5. The predicted molar refractivity (Wildman–Crippen MR) is 143 cm³/mol. The van der Waals surface area contributed by atoms with Gasteiger partial charge in [-0.3, -0.25) is 19.5 Å². The van der Waals surface area contributed by atoms with Gasteiger partial charge in [0.15, 0.2) is 5.82 Å². The second-order valence-corrected chi connectivity index (χ2v) is 10.9. The maximum atomic E-state index is 11.8. The van der Waals surface area contributed by atoms with Gasteiger partial charge < -0.3 is 14.8 Å². The molecule has 2 fully saturated rings. The van der Waals surface area contributed by atoms with Gasteiger partial charge in [-0.2, -0.15) is 0 Å². The molecule has 194 valence electrons. The summed E-state index contributed by atoms with van der Waals surface area (Å²) in [6.07, 6.45) is 9.95. The van der Waals surface area contributed by atoms with E-state index in [0.29, 0.717) is 22.3 Å². The van der Waals surface area contributed by atoms with Gasteiger partial charge in [0.2, 0.25) is 5.95 Å². The number of nitrogens with one attached hydrogen (secondary N) is 2. The fraction of sp³-hybridized carbons (Fsp3) is 0.500. The summed E-state index contributed by atoms with van der Waals surface area (Å²) < 4.78 is 7.17. The van der Waals surface area contributed by atoms with E-state index < -0.39 is 5.76 Å². The minimum atomic E-state index is -0.613. The predicted octanol–water partition coefficient (Wildman–Crippen LogP) is 4.11. The number of H-pyrrole nitrogens is 1. The Kier molecular flexibility index (Phi) is 6.46. The number of imidazole rings is 1. The zero-order chi connectivity index (χ0) is 25.5. The largest absolute Gasteiger partial charge is 0.439 e. The molecule has 2 aliphatic rings. The number of piperazine rings is 1. The van der Waals surface area contributed by atoms with E-state index >= 15 is 0 Å². The summed E-state index contributed by atoms with van der Waals surface area (Å²) in [5, 5.41) is 7.98. The molecule has 1 aliphatic carbocycles. The third kappa shape index (κ3) is 4.64. The summed E-state index contributed by atoms with van der Waals surface area (Å²) in [6, 6.07) is 2.15. The summed E-state index contributed by atoms with van der Waals surface area (Å²) in [7, 11) is 0. The van der Waals surface area contributed by atoms with Gasteiger partial charge >= 0.3 is 5.76 Å². The molecule has 6 rings (SSSR count). The highest BCUT2D eigenvalue weighted by Crippen LogP contribution is 2.38. The summed E-state index contributed by atoms with van der Waals surface area (Å²) in [5.41, 5.74) is 3.81. The lowest BCUT2D eigenvalue weighted by atomic mass is 9.83. The molecule has 2 N–H and O–H groups in total. The molecule has 37 heavy (non-hydrogen) atoms. The van der Waals surface area contributed by atoms with Crippen molar-refractivity contribution in [1.82, 2.24) is 35.0 Å². The van der Waals surface area contributed by atoms with Crippen LogP contribution in [0.3, 0.4) is 0 Å². The van der Waals surface area contributed by atoms with Gasteiger partial charge in [0.05, 0.1) is 21.8 Å². The molecule has 1 saturated carbocycles. The van der Waals surface area contributed by atoms with E-state index in [4.69, 9.17) is 26.1 Å². The van der Waals surface area contributed by atoms with Crippen molar-refractivity contribution in [3.8, 4) is 22.6 Å². The Labute approximate surface area is 219 Å². The molecular formula is C26H31ClN8O2. The molecule has 5 heterocycles. The van der Waals surface area contributed by atoms with Gasteiger partial charge in [0.25, 0.3) is 0 Å². The van der Waals surface area contributed by atoms with Crippen molar-refractivity contribution in [2.45, 2.75) is 52.1 Å². The van der Waals surface area contributed by atoms with Crippen LogP contribution in [0.4, 0.5) is 5.95 Å². The second-order valence-electron chi connectivity index (χ2n) is 10.4. The van der Waals surface area contributed by atoms with Crippen molar-refractivity contribution in [1.29, 1.82) is 0 Å². The van der Waals surface area contributed by atoms with Crippen LogP contribution in [0.1, 0.15) is 39.5 Å². The van der Waals surface area contributed by atoms with E-state index in [0.717, 1.165) is 60.3 Å². The molecule has 0 bridgehead atoms. The quantitative estimate of drug-likeness (QED) is 0.402. The number of anilines is 1. The molecule has 4 aromatic heterocycles. The molecule has 1 saturated heterocycles. The van der Waals surface area contributed by atoms with Crippen molar-refractivity contribution >= 4 is 28.6 Å². The van der Waals surface area contributed by atoms with Gasteiger partial charge in [-0.25, -0.2) is 9.78 Å². The number of hydrogen-bond donors (Lipinski definition) is 2. The lowest BCUT2D eigenvalue weighted by Gasteiger charge is -2.36. The molecule has 0 spiro atoms.